The van der Waals surface area contributed by atoms with Gasteiger partial charge < -0.3 is 24.0 Å². The van der Waals surface area contributed by atoms with E-state index in [9.17, 15) is 9.59 Å². The van der Waals surface area contributed by atoms with E-state index in [0.29, 0.717) is 35.2 Å². The minimum absolute atomic E-state index is 0.0542. The summed E-state index contributed by atoms with van der Waals surface area (Å²) in [6.07, 6.45) is 0.0542. The van der Waals surface area contributed by atoms with Crippen molar-refractivity contribution in [2.45, 2.75) is 25.5 Å². The maximum atomic E-state index is 13.5. The first-order valence-electron chi connectivity index (χ1n) is 12.5. The summed E-state index contributed by atoms with van der Waals surface area (Å²) in [5, 5.41) is 0.646. The Bertz CT molecular complexity index is 1270. The minimum Gasteiger partial charge on any atom is -0.496 e. The molecule has 3 aromatic rings. The fraction of sp³-hybridized carbons (Fsp3) is 0.333. The first-order chi connectivity index (χ1) is 18.3. The number of morpholine rings is 1. The van der Waals surface area contributed by atoms with Crippen molar-refractivity contribution in [2.75, 3.05) is 40.5 Å². The molecule has 0 saturated carbocycles. The molecule has 7 nitrogen and oxygen atoms in total. The molecule has 1 fully saturated rings. The number of methoxy groups -OCH3 is 1. The molecule has 0 aromatic heterocycles. The van der Waals surface area contributed by atoms with Gasteiger partial charge in [0.25, 0.3) is 5.91 Å². The van der Waals surface area contributed by atoms with Gasteiger partial charge >= 0.3 is 0 Å². The maximum absolute atomic E-state index is 13.5. The number of benzene rings is 3. The molecular formula is C30H33ClN2O5. The highest BCUT2D eigenvalue weighted by atomic mass is 35.5. The Hall–Kier alpha value is -3.55. The highest BCUT2D eigenvalue weighted by Crippen LogP contribution is 2.29. The number of halogens is 1. The van der Waals surface area contributed by atoms with E-state index in [0.717, 1.165) is 11.1 Å². The molecule has 38 heavy (non-hydrogen) atoms. The summed E-state index contributed by atoms with van der Waals surface area (Å²) >= 11 is 6.18. The molecule has 0 aliphatic carbocycles. The van der Waals surface area contributed by atoms with Crippen LogP contribution >= 0.6 is 11.6 Å². The number of rotatable bonds is 9. The van der Waals surface area contributed by atoms with Gasteiger partial charge in [0.05, 0.1) is 32.2 Å². The Morgan fingerprint density at radius 2 is 1.82 bits per heavy atom. The Morgan fingerprint density at radius 3 is 2.55 bits per heavy atom. The SMILES string of the molecule is COc1ccccc1C(=O)N1CCO[C@@](COc2ccc(Cl)c(C)c2)(CC(=O)N(C)Cc2ccccc2)C1. The fourth-order valence-electron chi connectivity index (χ4n) is 4.53. The van der Waals surface area contributed by atoms with Crippen LogP contribution in [0, 0.1) is 6.92 Å². The van der Waals surface area contributed by atoms with Crippen molar-refractivity contribution >= 4 is 23.4 Å². The molecule has 200 valence electrons. The van der Waals surface area contributed by atoms with E-state index in [4.69, 9.17) is 25.8 Å². The largest absolute Gasteiger partial charge is 0.496 e. The predicted molar refractivity (Wildman–Crippen MR) is 147 cm³/mol. The molecule has 8 heteroatoms. The van der Waals surface area contributed by atoms with Gasteiger partial charge in [0.2, 0.25) is 5.91 Å². The molecule has 0 unspecified atom stereocenters. The van der Waals surface area contributed by atoms with Crippen LogP contribution < -0.4 is 9.47 Å². The molecule has 1 aliphatic heterocycles. The van der Waals surface area contributed by atoms with Crippen molar-refractivity contribution in [1.29, 1.82) is 0 Å². The Kier molecular flexibility index (Phi) is 8.92. The fourth-order valence-corrected chi connectivity index (χ4v) is 4.65. The van der Waals surface area contributed by atoms with Gasteiger partial charge in [-0.15, -0.1) is 0 Å². The van der Waals surface area contributed by atoms with Crippen molar-refractivity contribution < 1.29 is 23.8 Å². The Morgan fingerprint density at radius 1 is 1.08 bits per heavy atom. The lowest BCUT2D eigenvalue weighted by atomic mass is 9.96. The summed E-state index contributed by atoms with van der Waals surface area (Å²) in [4.78, 5) is 30.3. The Balaban J connectivity index is 1.56. The van der Waals surface area contributed by atoms with Crippen molar-refractivity contribution in [3.05, 3.63) is 94.5 Å². The summed E-state index contributed by atoms with van der Waals surface area (Å²) in [5.74, 6) is 0.841. The van der Waals surface area contributed by atoms with E-state index < -0.39 is 5.60 Å². The number of carbonyl (C=O) groups excluding carboxylic acids is 2. The molecule has 3 aromatic carbocycles. The second-order valence-electron chi connectivity index (χ2n) is 9.57. The highest BCUT2D eigenvalue weighted by molar-refractivity contribution is 6.31. The van der Waals surface area contributed by atoms with E-state index >= 15 is 0 Å². The molecule has 1 aliphatic rings. The summed E-state index contributed by atoms with van der Waals surface area (Å²) < 4.78 is 17.8. The van der Waals surface area contributed by atoms with E-state index in [1.807, 2.05) is 49.4 Å². The molecule has 4 rings (SSSR count). The third-order valence-electron chi connectivity index (χ3n) is 6.67. The first kappa shape index (κ1) is 27.5. The van der Waals surface area contributed by atoms with Crippen LogP contribution in [0.15, 0.2) is 72.8 Å². The van der Waals surface area contributed by atoms with Crippen molar-refractivity contribution in [2.24, 2.45) is 0 Å². The lowest BCUT2D eigenvalue weighted by Gasteiger charge is -2.42. The van der Waals surface area contributed by atoms with Gasteiger partial charge in [-0.2, -0.15) is 0 Å². The van der Waals surface area contributed by atoms with Crippen LogP contribution in [0.4, 0.5) is 0 Å². The van der Waals surface area contributed by atoms with Gasteiger partial charge in [-0.25, -0.2) is 0 Å². The highest BCUT2D eigenvalue weighted by Gasteiger charge is 2.42. The van der Waals surface area contributed by atoms with Gasteiger partial charge in [0.1, 0.15) is 23.7 Å². The predicted octanol–water partition coefficient (Wildman–Crippen LogP) is 5.00. The average Bonchev–Trinajstić information content (AvgIpc) is 2.94. The van der Waals surface area contributed by atoms with Crippen molar-refractivity contribution in [3.63, 3.8) is 0 Å². The molecular weight excluding hydrogens is 504 g/mol. The van der Waals surface area contributed by atoms with E-state index in [1.54, 1.807) is 54.3 Å². The first-order valence-corrected chi connectivity index (χ1v) is 12.9. The van der Waals surface area contributed by atoms with Crippen LogP contribution in [0.25, 0.3) is 0 Å². The van der Waals surface area contributed by atoms with Gasteiger partial charge in [-0.05, 0) is 48.4 Å². The van der Waals surface area contributed by atoms with E-state index in [1.165, 1.54) is 0 Å². The minimum atomic E-state index is -1.04. The van der Waals surface area contributed by atoms with Gasteiger partial charge in [-0.3, -0.25) is 9.59 Å². The monoisotopic (exact) mass is 536 g/mol. The number of hydrogen-bond acceptors (Lipinski definition) is 5. The lowest BCUT2D eigenvalue weighted by Crippen LogP contribution is -2.58. The molecule has 0 N–H and O–H groups in total. The van der Waals surface area contributed by atoms with Crippen molar-refractivity contribution in [1.82, 2.24) is 9.80 Å². The maximum Gasteiger partial charge on any atom is 0.257 e. The van der Waals surface area contributed by atoms with Gasteiger partial charge in [-0.1, -0.05) is 54.1 Å². The lowest BCUT2D eigenvalue weighted by molar-refractivity contribution is -0.152. The van der Waals surface area contributed by atoms with Crippen LogP contribution in [0.5, 0.6) is 11.5 Å². The van der Waals surface area contributed by atoms with Crippen LogP contribution in [0.1, 0.15) is 27.9 Å². The molecule has 1 heterocycles. The number of para-hydroxylation sites is 1. The molecule has 0 radical (unpaired) electrons. The second-order valence-corrected chi connectivity index (χ2v) is 9.98. The van der Waals surface area contributed by atoms with Crippen LogP contribution in [-0.4, -0.2) is 67.7 Å². The molecule has 2 amide bonds. The number of carbonyl (C=O) groups is 2. The third kappa shape index (κ3) is 6.65. The molecule has 1 saturated heterocycles. The second kappa shape index (κ2) is 12.3. The van der Waals surface area contributed by atoms with Crippen LogP contribution in [0.2, 0.25) is 5.02 Å². The summed E-state index contributed by atoms with van der Waals surface area (Å²) in [5.41, 5.74) is 1.34. The zero-order valence-electron chi connectivity index (χ0n) is 22.0. The molecule has 0 spiro atoms. The quantitative estimate of drug-likeness (QED) is 0.385. The zero-order chi connectivity index (χ0) is 27.1. The number of hydrogen-bond donors (Lipinski definition) is 0. The normalized spacial score (nSPS) is 17.1. The van der Waals surface area contributed by atoms with Crippen molar-refractivity contribution in [3.8, 4) is 11.5 Å². The van der Waals surface area contributed by atoms with E-state index in [2.05, 4.69) is 0 Å². The Labute approximate surface area is 228 Å². The van der Waals surface area contributed by atoms with Crippen LogP contribution in [0.3, 0.4) is 0 Å². The standard InChI is InChI=1S/C30H33ClN2O5/c1-22-17-24(13-14-26(22)31)37-21-30(18-28(34)32(2)19-23-9-5-4-6-10-23)20-33(15-16-38-30)29(35)25-11-7-8-12-27(25)36-3/h4-14,17H,15-16,18-21H2,1-3H3/t30-/m0/s1. The number of aryl methyl sites for hydroxylation is 1. The number of amides is 2. The molecule has 0 bridgehead atoms. The summed E-state index contributed by atoms with van der Waals surface area (Å²) in [6.45, 7) is 3.33. The van der Waals surface area contributed by atoms with E-state index in [-0.39, 0.29) is 38.0 Å². The van der Waals surface area contributed by atoms with Gasteiger partial charge in [0.15, 0.2) is 0 Å². The topological polar surface area (TPSA) is 68.3 Å². The van der Waals surface area contributed by atoms with Gasteiger partial charge in [0, 0.05) is 25.2 Å². The third-order valence-corrected chi connectivity index (χ3v) is 7.09. The zero-order valence-corrected chi connectivity index (χ0v) is 22.7. The number of ether oxygens (including phenoxy) is 3. The summed E-state index contributed by atoms with van der Waals surface area (Å²) in [6, 6.07) is 22.3. The smallest absolute Gasteiger partial charge is 0.257 e. The van der Waals surface area contributed by atoms with Crippen LogP contribution in [-0.2, 0) is 16.1 Å². The average molecular weight is 537 g/mol. The summed E-state index contributed by atoms with van der Waals surface area (Å²) in [7, 11) is 3.31. The number of nitrogens with zero attached hydrogens (tertiary/aromatic N) is 2. The molecule has 1 atom stereocenters.